The van der Waals surface area contributed by atoms with Gasteiger partial charge >= 0.3 is 12.1 Å². The molecule has 0 unspecified atom stereocenters. The molecular weight excluding hydrogens is 673 g/mol. The number of ether oxygens (including phenoxy) is 2. The molecule has 4 heterocycles. The van der Waals surface area contributed by atoms with Crippen LogP contribution in [0.5, 0.6) is 11.5 Å². The molecule has 4 aromatic rings. The second-order valence-corrected chi connectivity index (χ2v) is 11.9. The summed E-state index contributed by atoms with van der Waals surface area (Å²) < 4.78 is 42.7. The molecule has 2 aliphatic heterocycles. The monoisotopic (exact) mass is 714 g/mol. The van der Waals surface area contributed by atoms with Gasteiger partial charge in [0.1, 0.15) is 11.5 Å². The van der Waals surface area contributed by atoms with Crippen LogP contribution in [0.15, 0.2) is 48.5 Å². The third-order valence-electron chi connectivity index (χ3n) is 8.10. The van der Waals surface area contributed by atoms with Gasteiger partial charge in [-0.1, -0.05) is 24.3 Å². The number of carboxylic acid groups (broad SMARTS) is 1. The molecule has 0 bridgehead atoms. The number of phenolic OH excluding ortho intramolecular Hbond substituents is 2. The van der Waals surface area contributed by atoms with Crippen LogP contribution in [0.3, 0.4) is 0 Å². The van der Waals surface area contributed by atoms with E-state index in [1.807, 2.05) is 12.1 Å². The number of fused-ring (bicyclic) bond motifs is 1. The molecule has 0 atom stereocenters. The van der Waals surface area contributed by atoms with Crippen molar-refractivity contribution < 1.29 is 42.8 Å². The van der Waals surface area contributed by atoms with E-state index in [-0.39, 0.29) is 11.5 Å². The third-order valence-corrected chi connectivity index (χ3v) is 8.10. The minimum Gasteiger partial charge on any atom is -0.508 e. The lowest BCUT2D eigenvalue weighted by molar-refractivity contribution is -0.192. The van der Waals surface area contributed by atoms with Crippen molar-refractivity contribution in [2.24, 2.45) is 0 Å². The van der Waals surface area contributed by atoms with Gasteiger partial charge in [-0.2, -0.15) is 23.1 Å². The Balaban J connectivity index is 0.000000654. The number of carboxylic acids is 1. The maximum atomic E-state index is 10.6. The predicted molar refractivity (Wildman–Crippen MR) is 184 cm³/mol. The van der Waals surface area contributed by atoms with Crippen LogP contribution in [0, 0.1) is 0 Å². The molecule has 274 valence electrons. The van der Waals surface area contributed by atoms with E-state index in [0.29, 0.717) is 58.5 Å². The summed E-state index contributed by atoms with van der Waals surface area (Å²) in [4.78, 5) is 33.4. The summed E-state index contributed by atoms with van der Waals surface area (Å²) in [5, 5.41) is 34.6. The average molecular weight is 715 g/mol. The number of hydrogen-bond acceptors (Lipinski definition) is 13. The fourth-order valence-corrected chi connectivity index (χ4v) is 5.52. The van der Waals surface area contributed by atoms with E-state index in [1.165, 1.54) is 0 Å². The van der Waals surface area contributed by atoms with Crippen LogP contribution in [0.4, 0.5) is 24.9 Å². The van der Waals surface area contributed by atoms with E-state index >= 15 is 0 Å². The maximum absolute atomic E-state index is 10.6. The number of nitrogens with zero attached hydrogens (tertiary/aromatic N) is 6. The van der Waals surface area contributed by atoms with Crippen LogP contribution in [0.1, 0.15) is 12.8 Å². The Bertz CT molecular complexity index is 1750. The molecule has 2 aromatic carbocycles. The second-order valence-electron chi connectivity index (χ2n) is 11.9. The van der Waals surface area contributed by atoms with E-state index in [0.717, 1.165) is 78.5 Å². The van der Waals surface area contributed by atoms with Gasteiger partial charge < -0.3 is 35.4 Å². The van der Waals surface area contributed by atoms with E-state index in [1.54, 1.807) is 36.4 Å². The maximum Gasteiger partial charge on any atom is 0.490 e. The number of anilines is 2. The van der Waals surface area contributed by atoms with Gasteiger partial charge in [-0.25, -0.2) is 14.8 Å². The van der Waals surface area contributed by atoms with Crippen LogP contribution in [0.2, 0.25) is 0 Å². The van der Waals surface area contributed by atoms with E-state index in [4.69, 9.17) is 39.3 Å². The van der Waals surface area contributed by atoms with E-state index in [9.17, 15) is 23.4 Å². The fraction of sp³-hybridized carbons (Fsp3) is 0.441. The highest BCUT2D eigenvalue weighted by molar-refractivity contribution is 5.90. The van der Waals surface area contributed by atoms with Gasteiger partial charge in [0.15, 0.2) is 17.0 Å². The Labute approximate surface area is 292 Å². The van der Waals surface area contributed by atoms with Gasteiger partial charge in [0, 0.05) is 50.4 Å². The topological polar surface area (TPSA) is 178 Å². The summed E-state index contributed by atoms with van der Waals surface area (Å²) in [6, 6.07) is 13.8. The van der Waals surface area contributed by atoms with Crippen LogP contribution < -0.4 is 10.6 Å². The molecule has 2 aromatic heterocycles. The standard InChI is InChI=1S/C32H40N8O4.C2HF3O2/c41-25-7-1-5-23(21-25)27-28(24-6-2-8-26(42)22-24)36-31-29(35-27)30(33-9-3-11-39-13-17-43-18-14-39)37-32(38-31)34-10-4-12-40-15-19-44-20-16-40;3-2(4,5)1(6)7/h1-2,5-8,21-22,41-42H,3-4,9-20H2,(H2,33,34,36,37,38);(H,6,7). The smallest absolute Gasteiger partial charge is 0.490 e. The zero-order valence-electron chi connectivity index (χ0n) is 27.9. The van der Waals surface area contributed by atoms with Crippen LogP contribution in [-0.2, 0) is 14.3 Å². The number of rotatable bonds is 12. The Morgan fingerprint density at radius 3 is 1.73 bits per heavy atom. The number of morpholine rings is 2. The van der Waals surface area contributed by atoms with E-state index < -0.39 is 12.1 Å². The lowest BCUT2D eigenvalue weighted by atomic mass is 10.0. The number of phenols is 2. The number of benzene rings is 2. The van der Waals surface area contributed by atoms with Crippen molar-refractivity contribution in [2.75, 3.05) is 89.4 Å². The number of nitrogens with one attached hydrogen (secondary N) is 2. The SMILES string of the molecule is O=C(O)C(F)(F)F.Oc1cccc(-c2nc3nc(NCCCN4CCOCC4)nc(NCCCN4CCOCC4)c3nc2-c2cccc(O)c2)c1. The Morgan fingerprint density at radius 2 is 1.24 bits per heavy atom. The van der Waals surface area contributed by atoms with Gasteiger partial charge in [-0.05, 0) is 50.2 Å². The van der Waals surface area contributed by atoms with Crippen LogP contribution >= 0.6 is 0 Å². The number of aromatic nitrogens is 4. The van der Waals surface area contributed by atoms with Crippen molar-refractivity contribution in [1.29, 1.82) is 0 Å². The third kappa shape index (κ3) is 11.1. The number of alkyl halides is 3. The number of halogens is 3. The highest BCUT2D eigenvalue weighted by Crippen LogP contribution is 2.34. The van der Waals surface area contributed by atoms with E-state index in [2.05, 4.69) is 20.4 Å². The number of hydrogen-bond donors (Lipinski definition) is 5. The normalized spacial score (nSPS) is 15.6. The van der Waals surface area contributed by atoms with Gasteiger partial charge in [0.25, 0.3) is 0 Å². The first-order chi connectivity index (χ1) is 24.6. The van der Waals surface area contributed by atoms with Crippen molar-refractivity contribution >= 4 is 28.9 Å². The highest BCUT2D eigenvalue weighted by Gasteiger charge is 2.38. The van der Waals surface area contributed by atoms with Crippen molar-refractivity contribution in [3.05, 3.63) is 48.5 Å². The molecule has 0 saturated carbocycles. The lowest BCUT2D eigenvalue weighted by Crippen LogP contribution is -2.37. The summed E-state index contributed by atoms with van der Waals surface area (Å²) in [5.41, 5.74) is 3.48. The molecule has 0 amide bonds. The van der Waals surface area contributed by atoms with Crippen molar-refractivity contribution in [3.8, 4) is 34.0 Å². The van der Waals surface area contributed by atoms with Gasteiger partial charge in [-0.3, -0.25) is 9.80 Å². The first-order valence-electron chi connectivity index (χ1n) is 16.6. The summed E-state index contributed by atoms with van der Waals surface area (Å²) in [5.74, 6) is -1.42. The first-order valence-corrected chi connectivity index (χ1v) is 16.6. The first kappa shape index (κ1) is 37.4. The predicted octanol–water partition coefficient (Wildman–Crippen LogP) is 4.07. The number of aromatic hydroxyl groups is 2. The Kier molecular flexibility index (Phi) is 13.1. The van der Waals surface area contributed by atoms with Crippen LogP contribution in [-0.4, -0.2) is 136 Å². The Morgan fingerprint density at radius 1 is 0.745 bits per heavy atom. The van der Waals surface area contributed by atoms with Crippen molar-refractivity contribution in [2.45, 2.75) is 19.0 Å². The van der Waals surface area contributed by atoms with Gasteiger partial charge in [0.2, 0.25) is 5.95 Å². The molecule has 0 radical (unpaired) electrons. The van der Waals surface area contributed by atoms with Crippen LogP contribution in [0.25, 0.3) is 33.7 Å². The number of aliphatic carboxylic acids is 1. The summed E-state index contributed by atoms with van der Waals surface area (Å²) in [6.07, 6.45) is -3.21. The van der Waals surface area contributed by atoms with Crippen molar-refractivity contribution in [1.82, 2.24) is 29.7 Å². The molecule has 2 aliphatic rings. The lowest BCUT2D eigenvalue weighted by Gasteiger charge is -2.26. The Hall–Kier alpha value is -4.84. The minimum absolute atomic E-state index is 0.124. The fourth-order valence-electron chi connectivity index (χ4n) is 5.52. The zero-order valence-corrected chi connectivity index (χ0v) is 27.9. The summed E-state index contributed by atoms with van der Waals surface area (Å²) >= 11 is 0. The molecule has 2 saturated heterocycles. The summed E-state index contributed by atoms with van der Waals surface area (Å²) in [7, 11) is 0. The van der Waals surface area contributed by atoms with Crippen molar-refractivity contribution in [3.63, 3.8) is 0 Å². The molecular formula is C34H41F3N8O6. The quantitative estimate of drug-likeness (QED) is 0.133. The molecule has 17 heteroatoms. The zero-order chi connectivity index (χ0) is 36.2. The molecule has 6 rings (SSSR count). The molecule has 0 spiro atoms. The highest BCUT2D eigenvalue weighted by atomic mass is 19.4. The second kappa shape index (κ2) is 17.9. The number of carbonyl (C=O) groups is 1. The van der Waals surface area contributed by atoms with Gasteiger partial charge in [0.05, 0.1) is 37.8 Å². The van der Waals surface area contributed by atoms with Gasteiger partial charge in [-0.15, -0.1) is 0 Å². The minimum atomic E-state index is -5.08. The average Bonchev–Trinajstić information content (AvgIpc) is 3.12. The largest absolute Gasteiger partial charge is 0.508 e. The molecule has 0 aliphatic carbocycles. The molecule has 5 N–H and O–H groups in total. The summed E-state index contributed by atoms with van der Waals surface area (Å²) in [6.45, 7) is 10.3. The molecule has 14 nitrogen and oxygen atoms in total. The molecule has 51 heavy (non-hydrogen) atoms. The molecule has 2 fully saturated rings.